The molecule has 0 bridgehead atoms. The van der Waals surface area contributed by atoms with Crippen molar-refractivity contribution >= 4 is 5.91 Å². The number of ether oxygens (including phenoxy) is 1. The molecule has 2 aromatic rings. The second-order valence-electron chi connectivity index (χ2n) is 5.77. The van der Waals surface area contributed by atoms with Gasteiger partial charge in [-0.25, -0.2) is 13.8 Å². The largest absolute Gasteiger partial charge is 0.368 e. The minimum absolute atomic E-state index is 0.110. The Kier molecular flexibility index (Phi) is 4.84. The van der Waals surface area contributed by atoms with Crippen LogP contribution in [0.15, 0.2) is 18.2 Å². The molecule has 0 saturated carbocycles. The lowest BCUT2D eigenvalue weighted by Crippen LogP contribution is -2.37. The summed E-state index contributed by atoms with van der Waals surface area (Å²) in [7, 11) is 0. The number of aromatic amines is 1. The highest BCUT2D eigenvalue weighted by atomic mass is 19.1. The summed E-state index contributed by atoms with van der Waals surface area (Å²) in [5, 5.41) is 9.71. The highest BCUT2D eigenvalue weighted by Crippen LogP contribution is 2.26. The highest BCUT2D eigenvalue weighted by Gasteiger charge is 2.33. The van der Waals surface area contributed by atoms with Gasteiger partial charge in [0.1, 0.15) is 23.6 Å². The molecule has 1 aromatic carbocycles. The van der Waals surface area contributed by atoms with Gasteiger partial charge in [0.15, 0.2) is 5.82 Å². The fourth-order valence-corrected chi connectivity index (χ4v) is 2.73. The minimum Gasteiger partial charge on any atom is -0.368 e. The zero-order chi connectivity index (χ0) is 17.1. The Hall–Kier alpha value is -2.35. The van der Waals surface area contributed by atoms with E-state index in [2.05, 4.69) is 20.5 Å². The molecule has 0 unspecified atom stereocenters. The molecular weight excluding hydrogens is 318 g/mol. The maximum atomic E-state index is 13.6. The van der Waals surface area contributed by atoms with Crippen molar-refractivity contribution in [1.82, 2.24) is 20.5 Å². The second kappa shape index (κ2) is 7.04. The number of hydrogen-bond acceptors (Lipinski definition) is 4. The van der Waals surface area contributed by atoms with Crippen LogP contribution >= 0.6 is 0 Å². The van der Waals surface area contributed by atoms with E-state index < -0.39 is 11.6 Å². The minimum atomic E-state index is -0.638. The van der Waals surface area contributed by atoms with E-state index in [1.54, 1.807) is 6.92 Å². The number of nitrogens with one attached hydrogen (secondary N) is 2. The van der Waals surface area contributed by atoms with E-state index in [-0.39, 0.29) is 30.9 Å². The van der Waals surface area contributed by atoms with Gasteiger partial charge < -0.3 is 10.1 Å². The number of carbonyl (C=O) groups is 1. The average Bonchev–Trinajstić information content (AvgIpc) is 3.15. The number of aryl methyl sites for hydroxylation is 2. The first kappa shape index (κ1) is 16.5. The van der Waals surface area contributed by atoms with E-state index in [4.69, 9.17) is 4.74 Å². The molecule has 2 N–H and O–H groups in total. The summed E-state index contributed by atoms with van der Waals surface area (Å²) < 4.78 is 32.1. The quantitative estimate of drug-likeness (QED) is 0.875. The summed E-state index contributed by atoms with van der Waals surface area (Å²) in [5.41, 5.74) is 0.315. The van der Waals surface area contributed by atoms with Crippen LogP contribution in [0.2, 0.25) is 0 Å². The number of halogens is 2. The molecule has 2 heterocycles. The van der Waals surface area contributed by atoms with Crippen molar-refractivity contribution in [2.45, 2.75) is 38.3 Å². The van der Waals surface area contributed by atoms with Crippen LogP contribution in [0.1, 0.15) is 36.2 Å². The number of carbonyl (C=O) groups excluding carboxylic acids is 1. The van der Waals surface area contributed by atoms with Gasteiger partial charge in [-0.3, -0.25) is 9.89 Å². The standard InChI is InChI=1S/C16H18F2N4O2/c1-9-19-16(22-21-9)15-13(6-7-24-15)20-14(23)5-3-10-2-4-11(17)8-12(10)18/h2,4,8,13,15H,3,5-7H2,1H3,(H,20,23)(H,19,21,22)/t13-,15+/m0/s1. The first-order valence-electron chi connectivity index (χ1n) is 7.76. The van der Waals surface area contributed by atoms with Crippen molar-refractivity contribution in [2.24, 2.45) is 0 Å². The Balaban J connectivity index is 1.56. The van der Waals surface area contributed by atoms with Crippen LogP contribution in [0.25, 0.3) is 0 Å². The molecule has 1 fully saturated rings. The predicted octanol–water partition coefficient (Wildman–Crippen LogP) is 1.97. The summed E-state index contributed by atoms with van der Waals surface area (Å²) in [6, 6.07) is 3.14. The van der Waals surface area contributed by atoms with E-state index in [0.29, 0.717) is 30.2 Å². The topological polar surface area (TPSA) is 79.9 Å². The lowest BCUT2D eigenvalue weighted by molar-refractivity contribution is -0.122. The molecule has 3 rings (SSSR count). The van der Waals surface area contributed by atoms with Gasteiger partial charge in [-0.15, -0.1) is 0 Å². The Labute approximate surface area is 137 Å². The average molecular weight is 336 g/mol. The maximum Gasteiger partial charge on any atom is 0.220 e. The van der Waals surface area contributed by atoms with Crippen molar-refractivity contribution in [1.29, 1.82) is 0 Å². The third kappa shape index (κ3) is 3.76. The van der Waals surface area contributed by atoms with Crippen LogP contribution in [0.4, 0.5) is 8.78 Å². The van der Waals surface area contributed by atoms with Crippen molar-refractivity contribution in [3.63, 3.8) is 0 Å². The van der Waals surface area contributed by atoms with Crippen molar-refractivity contribution in [3.8, 4) is 0 Å². The van der Waals surface area contributed by atoms with E-state index in [9.17, 15) is 13.6 Å². The van der Waals surface area contributed by atoms with Gasteiger partial charge >= 0.3 is 0 Å². The van der Waals surface area contributed by atoms with Gasteiger partial charge in [-0.05, 0) is 31.4 Å². The SMILES string of the molecule is Cc1nc([C@@H]2OCC[C@@H]2NC(=O)CCc2ccc(F)cc2F)n[nH]1. The molecule has 24 heavy (non-hydrogen) atoms. The predicted molar refractivity (Wildman–Crippen MR) is 81.0 cm³/mol. The van der Waals surface area contributed by atoms with Crippen LogP contribution < -0.4 is 5.32 Å². The lowest BCUT2D eigenvalue weighted by Gasteiger charge is -2.17. The number of H-pyrrole nitrogens is 1. The van der Waals surface area contributed by atoms with E-state index >= 15 is 0 Å². The zero-order valence-electron chi connectivity index (χ0n) is 13.2. The summed E-state index contributed by atoms with van der Waals surface area (Å²) in [6.07, 6.45) is 0.588. The van der Waals surface area contributed by atoms with Gasteiger partial charge in [-0.1, -0.05) is 6.07 Å². The van der Waals surface area contributed by atoms with E-state index in [1.165, 1.54) is 12.1 Å². The van der Waals surface area contributed by atoms with Gasteiger partial charge in [-0.2, -0.15) is 5.10 Å². The van der Waals surface area contributed by atoms with Crippen molar-refractivity contribution in [3.05, 3.63) is 47.0 Å². The smallest absolute Gasteiger partial charge is 0.220 e. The molecular formula is C16H18F2N4O2. The summed E-state index contributed by atoms with van der Waals surface area (Å²) in [6.45, 7) is 2.30. The number of amides is 1. The fourth-order valence-electron chi connectivity index (χ4n) is 2.73. The third-order valence-corrected chi connectivity index (χ3v) is 3.94. The highest BCUT2D eigenvalue weighted by molar-refractivity contribution is 5.76. The molecule has 128 valence electrons. The number of hydrogen-bond donors (Lipinski definition) is 2. The summed E-state index contributed by atoms with van der Waals surface area (Å²) in [4.78, 5) is 16.4. The van der Waals surface area contributed by atoms with Crippen LogP contribution in [-0.4, -0.2) is 33.7 Å². The van der Waals surface area contributed by atoms with Gasteiger partial charge in [0.05, 0.1) is 6.04 Å². The molecule has 2 atom stereocenters. The van der Waals surface area contributed by atoms with Crippen LogP contribution in [-0.2, 0) is 16.0 Å². The lowest BCUT2D eigenvalue weighted by atomic mass is 10.1. The molecule has 0 aliphatic carbocycles. The number of nitrogens with zero attached hydrogens (tertiary/aromatic N) is 2. The maximum absolute atomic E-state index is 13.6. The first-order valence-corrected chi connectivity index (χ1v) is 7.76. The fraction of sp³-hybridized carbons (Fsp3) is 0.438. The van der Waals surface area contributed by atoms with Crippen molar-refractivity contribution in [2.75, 3.05) is 6.61 Å². The molecule has 0 spiro atoms. The summed E-state index contributed by atoms with van der Waals surface area (Å²) >= 11 is 0. The molecule has 1 aliphatic rings. The molecule has 1 amide bonds. The van der Waals surface area contributed by atoms with E-state index in [0.717, 1.165) is 6.07 Å². The molecule has 1 aromatic heterocycles. The Morgan fingerprint density at radius 3 is 3.00 bits per heavy atom. The molecule has 1 aliphatic heterocycles. The van der Waals surface area contributed by atoms with Gasteiger partial charge in [0.25, 0.3) is 0 Å². The second-order valence-corrected chi connectivity index (χ2v) is 5.77. The zero-order valence-corrected chi connectivity index (χ0v) is 13.2. The van der Waals surface area contributed by atoms with E-state index in [1.807, 2.05) is 0 Å². The first-order chi connectivity index (χ1) is 11.5. The Morgan fingerprint density at radius 1 is 1.46 bits per heavy atom. The Bertz CT molecular complexity index is 735. The monoisotopic (exact) mass is 336 g/mol. The molecule has 0 radical (unpaired) electrons. The molecule has 1 saturated heterocycles. The van der Waals surface area contributed by atoms with Crippen LogP contribution in [0, 0.1) is 18.6 Å². The van der Waals surface area contributed by atoms with Crippen molar-refractivity contribution < 1.29 is 18.3 Å². The third-order valence-electron chi connectivity index (χ3n) is 3.94. The molecule has 8 heteroatoms. The molecule has 6 nitrogen and oxygen atoms in total. The van der Waals surface area contributed by atoms with Gasteiger partial charge in [0, 0.05) is 19.1 Å². The summed E-state index contributed by atoms with van der Waals surface area (Å²) in [5.74, 6) is -0.293. The van der Waals surface area contributed by atoms with Crippen LogP contribution in [0.5, 0.6) is 0 Å². The number of rotatable bonds is 5. The number of aromatic nitrogens is 3. The van der Waals surface area contributed by atoms with Crippen LogP contribution in [0.3, 0.4) is 0 Å². The Morgan fingerprint density at radius 2 is 2.29 bits per heavy atom. The normalized spacial score (nSPS) is 20.3. The van der Waals surface area contributed by atoms with Gasteiger partial charge in [0.2, 0.25) is 5.91 Å². The number of benzene rings is 1.